The fourth-order valence-electron chi connectivity index (χ4n) is 2.65. The Morgan fingerprint density at radius 2 is 2.33 bits per heavy atom. The molecule has 0 aliphatic carbocycles. The van der Waals surface area contributed by atoms with Crippen molar-refractivity contribution in [1.82, 2.24) is 9.88 Å². The molecule has 0 unspecified atom stereocenters. The summed E-state index contributed by atoms with van der Waals surface area (Å²) < 4.78 is 15.4. The second-order valence-corrected chi connectivity index (χ2v) is 4.49. The quantitative estimate of drug-likeness (QED) is 0.847. The van der Waals surface area contributed by atoms with Crippen LogP contribution in [0, 0.1) is 5.82 Å². The molecular formula is C13H13FN2O2. The number of hydrogen-bond donors (Lipinski definition) is 2. The maximum Gasteiger partial charge on any atom is 0.307 e. The smallest absolute Gasteiger partial charge is 0.307 e. The first-order valence-corrected chi connectivity index (χ1v) is 5.89. The van der Waals surface area contributed by atoms with Crippen molar-refractivity contribution in [2.45, 2.75) is 19.5 Å². The van der Waals surface area contributed by atoms with Crippen LogP contribution < -0.4 is 5.32 Å². The average molecular weight is 248 g/mol. The lowest BCUT2D eigenvalue weighted by molar-refractivity contribution is -0.136. The summed E-state index contributed by atoms with van der Waals surface area (Å²) in [5.74, 6) is -1.22. The molecule has 0 fully saturated rings. The standard InChI is InChI=1S/C13H13FN2O2/c14-8-1-2-11-9(5-8)10(6-13(17)18)12-7-15-3-4-16(11)12/h1-2,5,15H,3-4,6-7H2,(H,17,18). The molecule has 0 atom stereocenters. The highest BCUT2D eigenvalue weighted by Gasteiger charge is 2.21. The summed E-state index contributed by atoms with van der Waals surface area (Å²) in [6, 6.07) is 4.58. The molecule has 0 spiro atoms. The summed E-state index contributed by atoms with van der Waals surface area (Å²) in [5, 5.41) is 12.9. The van der Waals surface area contributed by atoms with Gasteiger partial charge in [-0.25, -0.2) is 4.39 Å². The summed E-state index contributed by atoms with van der Waals surface area (Å²) in [5.41, 5.74) is 2.61. The number of hydrogen-bond acceptors (Lipinski definition) is 2. The van der Waals surface area contributed by atoms with Gasteiger partial charge in [0.2, 0.25) is 0 Å². The van der Waals surface area contributed by atoms with Gasteiger partial charge in [-0.2, -0.15) is 0 Å². The number of aromatic nitrogens is 1. The number of nitrogens with one attached hydrogen (secondary N) is 1. The number of aliphatic carboxylic acids is 1. The highest BCUT2D eigenvalue weighted by atomic mass is 19.1. The van der Waals surface area contributed by atoms with E-state index in [1.807, 2.05) is 0 Å². The van der Waals surface area contributed by atoms with E-state index in [9.17, 15) is 9.18 Å². The number of fused-ring (bicyclic) bond motifs is 3. The zero-order valence-corrected chi connectivity index (χ0v) is 9.74. The second-order valence-electron chi connectivity index (χ2n) is 4.49. The molecule has 5 heteroatoms. The Labute approximate surface area is 103 Å². The third-order valence-electron chi connectivity index (χ3n) is 3.38. The predicted molar refractivity (Wildman–Crippen MR) is 64.9 cm³/mol. The van der Waals surface area contributed by atoms with Crippen LogP contribution in [0.4, 0.5) is 4.39 Å². The summed E-state index contributed by atoms with van der Waals surface area (Å²) in [7, 11) is 0. The molecular weight excluding hydrogens is 235 g/mol. The molecule has 0 radical (unpaired) electrons. The fourth-order valence-corrected chi connectivity index (χ4v) is 2.65. The molecule has 0 saturated heterocycles. The van der Waals surface area contributed by atoms with Gasteiger partial charge in [0.15, 0.2) is 0 Å². The Hall–Kier alpha value is -1.88. The van der Waals surface area contributed by atoms with Gasteiger partial charge in [-0.05, 0) is 23.8 Å². The number of carbonyl (C=O) groups is 1. The normalized spacial score (nSPS) is 14.7. The molecule has 0 amide bonds. The van der Waals surface area contributed by atoms with E-state index in [2.05, 4.69) is 9.88 Å². The van der Waals surface area contributed by atoms with Gasteiger partial charge in [0.1, 0.15) is 5.82 Å². The van der Waals surface area contributed by atoms with E-state index in [0.717, 1.165) is 35.2 Å². The Morgan fingerprint density at radius 3 is 3.11 bits per heavy atom. The number of carboxylic acid groups (broad SMARTS) is 1. The van der Waals surface area contributed by atoms with Crippen molar-refractivity contribution in [1.29, 1.82) is 0 Å². The zero-order chi connectivity index (χ0) is 12.7. The first-order chi connectivity index (χ1) is 8.66. The van der Waals surface area contributed by atoms with E-state index >= 15 is 0 Å². The lowest BCUT2D eigenvalue weighted by atomic mass is 10.1. The Bertz CT molecular complexity index is 633. The molecule has 1 aromatic carbocycles. The first kappa shape index (κ1) is 11.2. The molecule has 2 heterocycles. The molecule has 4 nitrogen and oxygen atoms in total. The topological polar surface area (TPSA) is 54.3 Å². The van der Waals surface area contributed by atoms with Gasteiger partial charge in [-0.1, -0.05) is 0 Å². The lowest BCUT2D eigenvalue weighted by Crippen LogP contribution is -2.28. The van der Waals surface area contributed by atoms with E-state index in [1.54, 1.807) is 6.07 Å². The van der Waals surface area contributed by atoms with Crippen LogP contribution in [-0.2, 0) is 24.3 Å². The highest BCUT2D eigenvalue weighted by Crippen LogP contribution is 2.29. The maximum absolute atomic E-state index is 13.3. The van der Waals surface area contributed by atoms with Crippen molar-refractivity contribution < 1.29 is 14.3 Å². The monoisotopic (exact) mass is 248 g/mol. The average Bonchev–Trinajstić information content (AvgIpc) is 2.63. The second kappa shape index (κ2) is 4.10. The summed E-state index contributed by atoms with van der Waals surface area (Å²) in [6.45, 7) is 2.27. The van der Waals surface area contributed by atoms with E-state index < -0.39 is 5.97 Å². The van der Waals surface area contributed by atoms with Crippen molar-refractivity contribution in [3.8, 4) is 0 Å². The summed E-state index contributed by atoms with van der Waals surface area (Å²) in [4.78, 5) is 11.0. The molecule has 18 heavy (non-hydrogen) atoms. The minimum absolute atomic E-state index is 0.0655. The number of carboxylic acids is 1. The van der Waals surface area contributed by atoms with Crippen LogP contribution in [0.15, 0.2) is 18.2 Å². The van der Waals surface area contributed by atoms with Crippen LogP contribution in [-0.4, -0.2) is 22.2 Å². The van der Waals surface area contributed by atoms with E-state index in [0.29, 0.717) is 6.54 Å². The molecule has 94 valence electrons. The minimum atomic E-state index is -0.889. The zero-order valence-electron chi connectivity index (χ0n) is 9.74. The first-order valence-electron chi connectivity index (χ1n) is 5.89. The highest BCUT2D eigenvalue weighted by molar-refractivity contribution is 5.89. The molecule has 1 aliphatic rings. The molecule has 2 N–H and O–H groups in total. The van der Waals surface area contributed by atoms with Crippen molar-refractivity contribution in [2.24, 2.45) is 0 Å². The molecule has 0 bridgehead atoms. The van der Waals surface area contributed by atoms with Crippen LogP contribution in [0.3, 0.4) is 0 Å². The van der Waals surface area contributed by atoms with Crippen molar-refractivity contribution in [3.05, 3.63) is 35.3 Å². The number of nitrogens with zero attached hydrogens (tertiary/aromatic N) is 1. The van der Waals surface area contributed by atoms with Gasteiger partial charge in [-0.15, -0.1) is 0 Å². The Balaban J connectivity index is 2.29. The van der Waals surface area contributed by atoms with Crippen molar-refractivity contribution in [3.63, 3.8) is 0 Å². The lowest BCUT2D eigenvalue weighted by Gasteiger charge is -2.18. The molecule has 0 saturated carbocycles. The summed E-state index contributed by atoms with van der Waals surface area (Å²) >= 11 is 0. The number of benzene rings is 1. The van der Waals surface area contributed by atoms with Crippen molar-refractivity contribution >= 4 is 16.9 Å². The van der Waals surface area contributed by atoms with Crippen molar-refractivity contribution in [2.75, 3.05) is 6.54 Å². The van der Waals surface area contributed by atoms with Crippen LogP contribution in [0.25, 0.3) is 10.9 Å². The van der Waals surface area contributed by atoms with Gasteiger partial charge in [-0.3, -0.25) is 4.79 Å². The predicted octanol–water partition coefficient (Wildman–Crippen LogP) is 1.51. The molecule has 2 aromatic rings. The molecule has 1 aliphatic heterocycles. The Morgan fingerprint density at radius 1 is 1.50 bits per heavy atom. The van der Waals surface area contributed by atoms with Gasteiger partial charge in [0.25, 0.3) is 0 Å². The number of rotatable bonds is 2. The van der Waals surface area contributed by atoms with Gasteiger partial charge in [0.05, 0.1) is 6.42 Å². The maximum atomic E-state index is 13.3. The largest absolute Gasteiger partial charge is 0.481 e. The van der Waals surface area contributed by atoms with E-state index in [1.165, 1.54) is 12.1 Å². The van der Waals surface area contributed by atoms with E-state index in [-0.39, 0.29) is 12.2 Å². The van der Waals surface area contributed by atoms with Gasteiger partial charge < -0.3 is 15.0 Å². The molecule has 1 aromatic heterocycles. The van der Waals surface area contributed by atoms with E-state index in [4.69, 9.17) is 5.11 Å². The SMILES string of the molecule is O=C(O)Cc1c2n(c3ccc(F)cc13)CCNC2. The van der Waals surface area contributed by atoms with Gasteiger partial charge in [0, 0.05) is 36.2 Å². The Kier molecular flexibility index (Phi) is 2.56. The number of halogens is 1. The van der Waals surface area contributed by atoms with Crippen LogP contribution in [0.5, 0.6) is 0 Å². The molecule has 3 rings (SSSR count). The summed E-state index contributed by atoms with van der Waals surface area (Å²) in [6.07, 6.45) is -0.0655. The van der Waals surface area contributed by atoms with Crippen LogP contribution in [0.2, 0.25) is 0 Å². The minimum Gasteiger partial charge on any atom is -0.481 e. The van der Waals surface area contributed by atoms with Crippen LogP contribution >= 0.6 is 0 Å². The van der Waals surface area contributed by atoms with Gasteiger partial charge >= 0.3 is 5.97 Å². The fraction of sp³-hybridized carbons (Fsp3) is 0.308. The third-order valence-corrected chi connectivity index (χ3v) is 3.38. The van der Waals surface area contributed by atoms with Crippen LogP contribution in [0.1, 0.15) is 11.3 Å². The third kappa shape index (κ3) is 1.67.